The van der Waals surface area contributed by atoms with Gasteiger partial charge in [0.2, 0.25) is 5.91 Å². The van der Waals surface area contributed by atoms with Crippen LogP contribution in [0.2, 0.25) is 0 Å². The summed E-state index contributed by atoms with van der Waals surface area (Å²) < 4.78 is 0. The molecule has 1 amide bonds. The van der Waals surface area contributed by atoms with Crippen molar-refractivity contribution in [2.24, 2.45) is 5.41 Å². The van der Waals surface area contributed by atoms with E-state index >= 15 is 0 Å². The summed E-state index contributed by atoms with van der Waals surface area (Å²) >= 11 is 0. The number of aliphatic hydroxyl groups is 1. The highest BCUT2D eigenvalue weighted by Crippen LogP contribution is 2.23. The minimum Gasteiger partial charge on any atom is -0.392 e. The molecule has 0 unspecified atom stereocenters. The first-order valence-electron chi connectivity index (χ1n) is 6.98. The second kappa shape index (κ2) is 7.25. The van der Waals surface area contributed by atoms with E-state index in [4.69, 9.17) is 5.11 Å². The minimum absolute atomic E-state index is 0.0253. The maximum atomic E-state index is 11.8. The lowest BCUT2D eigenvalue weighted by molar-refractivity contribution is -0.116. The molecule has 0 aliphatic rings. The first-order valence-corrected chi connectivity index (χ1v) is 6.98. The number of carbonyl (C=O) groups excluding carboxylic acids is 1. The number of carbonyl (C=O) groups is 1. The van der Waals surface area contributed by atoms with Crippen LogP contribution >= 0.6 is 0 Å². The van der Waals surface area contributed by atoms with E-state index in [1.54, 1.807) is 6.08 Å². The predicted octanol–water partition coefficient (Wildman–Crippen LogP) is 2.83. The Labute approximate surface area is 121 Å². The first-order chi connectivity index (χ1) is 9.32. The Bertz CT molecular complexity index is 467. The molecule has 2 N–H and O–H groups in total. The van der Waals surface area contributed by atoms with Crippen molar-refractivity contribution >= 4 is 5.91 Å². The van der Waals surface area contributed by atoms with E-state index < -0.39 is 0 Å². The number of nitrogens with one attached hydrogen (secondary N) is 1. The first kappa shape index (κ1) is 16.4. The van der Waals surface area contributed by atoms with E-state index in [9.17, 15) is 4.79 Å². The maximum Gasteiger partial charge on any atom is 0.243 e. The molecule has 0 spiro atoms. The summed E-state index contributed by atoms with van der Waals surface area (Å²) in [7, 11) is 0. The molecule has 0 saturated carbocycles. The van der Waals surface area contributed by atoms with Gasteiger partial charge in [0.25, 0.3) is 0 Å². The molecule has 0 aliphatic carbocycles. The number of rotatable bonds is 5. The fourth-order valence-corrected chi connectivity index (χ4v) is 1.61. The van der Waals surface area contributed by atoms with Crippen molar-refractivity contribution in [3.8, 4) is 0 Å². The average Bonchev–Trinajstić information content (AvgIpc) is 2.38. The van der Waals surface area contributed by atoms with Gasteiger partial charge in [0.1, 0.15) is 0 Å². The van der Waals surface area contributed by atoms with Gasteiger partial charge in [-0.3, -0.25) is 4.79 Å². The quantitative estimate of drug-likeness (QED) is 0.812. The Morgan fingerprint density at radius 3 is 2.25 bits per heavy atom. The molecule has 0 heterocycles. The molecule has 0 atom stereocenters. The van der Waals surface area contributed by atoms with E-state index in [0.717, 1.165) is 23.1 Å². The van der Waals surface area contributed by atoms with Crippen molar-refractivity contribution < 1.29 is 9.90 Å². The molecule has 3 heteroatoms. The van der Waals surface area contributed by atoms with E-state index in [-0.39, 0.29) is 17.9 Å². The Kier molecular flexibility index (Phi) is 5.96. The number of benzene rings is 1. The zero-order chi connectivity index (χ0) is 15.2. The molecule has 110 valence electrons. The van der Waals surface area contributed by atoms with Crippen LogP contribution in [0.3, 0.4) is 0 Å². The average molecular weight is 275 g/mol. The molecular formula is C17H25NO2. The SMILES string of the molecule is C/C(=C/C(=O)NCCc1ccc(CO)cc1)C(C)(C)C. The number of hydrogen-bond acceptors (Lipinski definition) is 2. The van der Waals surface area contributed by atoms with Gasteiger partial charge in [-0.15, -0.1) is 0 Å². The third kappa shape index (κ3) is 5.57. The molecule has 0 saturated heterocycles. The van der Waals surface area contributed by atoms with Crippen LogP contribution in [0.5, 0.6) is 0 Å². The molecule has 1 aromatic rings. The van der Waals surface area contributed by atoms with Crippen molar-refractivity contribution in [3.63, 3.8) is 0 Å². The molecule has 0 fully saturated rings. The van der Waals surface area contributed by atoms with Gasteiger partial charge in [-0.2, -0.15) is 0 Å². The van der Waals surface area contributed by atoms with Gasteiger partial charge in [-0.05, 0) is 29.9 Å². The van der Waals surface area contributed by atoms with Crippen molar-refractivity contribution in [3.05, 3.63) is 47.0 Å². The van der Waals surface area contributed by atoms with Crippen molar-refractivity contribution in [1.29, 1.82) is 0 Å². The fourth-order valence-electron chi connectivity index (χ4n) is 1.61. The zero-order valence-electron chi connectivity index (χ0n) is 12.9. The molecule has 0 bridgehead atoms. The molecular weight excluding hydrogens is 250 g/mol. The number of allylic oxidation sites excluding steroid dienone is 1. The Morgan fingerprint density at radius 2 is 1.75 bits per heavy atom. The van der Waals surface area contributed by atoms with Crippen LogP contribution in [0, 0.1) is 5.41 Å². The van der Waals surface area contributed by atoms with Crippen LogP contribution in [0.15, 0.2) is 35.9 Å². The molecule has 0 aliphatic heterocycles. The zero-order valence-corrected chi connectivity index (χ0v) is 12.9. The van der Waals surface area contributed by atoms with E-state index in [1.807, 2.05) is 31.2 Å². The molecule has 0 aromatic heterocycles. The second-order valence-electron chi connectivity index (χ2n) is 6.09. The summed E-state index contributed by atoms with van der Waals surface area (Å²) in [4.78, 5) is 11.8. The minimum atomic E-state index is -0.0376. The monoisotopic (exact) mass is 275 g/mol. The van der Waals surface area contributed by atoms with Gasteiger partial charge in [-0.25, -0.2) is 0 Å². The predicted molar refractivity (Wildman–Crippen MR) is 82.3 cm³/mol. The summed E-state index contributed by atoms with van der Waals surface area (Å²) in [6.45, 7) is 8.94. The second-order valence-corrected chi connectivity index (χ2v) is 6.09. The van der Waals surface area contributed by atoms with Crippen LogP contribution in [-0.4, -0.2) is 17.6 Å². The number of hydrogen-bond donors (Lipinski definition) is 2. The van der Waals surface area contributed by atoms with Crippen LogP contribution in [0.1, 0.15) is 38.8 Å². The Balaban J connectivity index is 2.42. The molecule has 1 aromatic carbocycles. The lowest BCUT2D eigenvalue weighted by Crippen LogP contribution is -2.25. The number of amides is 1. The van der Waals surface area contributed by atoms with E-state index in [1.165, 1.54) is 0 Å². The van der Waals surface area contributed by atoms with Crippen LogP contribution < -0.4 is 5.32 Å². The highest BCUT2D eigenvalue weighted by Gasteiger charge is 2.13. The smallest absolute Gasteiger partial charge is 0.243 e. The lowest BCUT2D eigenvalue weighted by atomic mass is 9.87. The highest BCUT2D eigenvalue weighted by molar-refractivity contribution is 5.88. The Morgan fingerprint density at radius 1 is 1.20 bits per heavy atom. The van der Waals surface area contributed by atoms with Crippen LogP contribution in [0.4, 0.5) is 0 Å². The van der Waals surface area contributed by atoms with Gasteiger partial charge >= 0.3 is 0 Å². The summed E-state index contributed by atoms with van der Waals surface area (Å²) in [6.07, 6.45) is 2.47. The molecule has 3 nitrogen and oxygen atoms in total. The van der Waals surface area contributed by atoms with E-state index in [2.05, 4.69) is 26.1 Å². The largest absolute Gasteiger partial charge is 0.392 e. The summed E-state index contributed by atoms with van der Waals surface area (Å²) in [5, 5.41) is 11.9. The standard InChI is InChI=1S/C17H25NO2/c1-13(17(2,3)4)11-16(20)18-10-9-14-5-7-15(12-19)8-6-14/h5-8,11,19H,9-10,12H2,1-4H3,(H,18,20)/b13-11-. The summed E-state index contributed by atoms with van der Waals surface area (Å²) in [6, 6.07) is 7.77. The van der Waals surface area contributed by atoms with Gasteiger partial charge < -0.3 is 10.4 Å². The molecule has 0 radical (unpaired) electrons. The van der Waals surface area contributed by atoms with E-state index in [0.29, 0.717) is 6.54 Å². The van der Waals surface area contributed by atoms with Crippen molar-refractivity contribution in [1.82, 2.24) is 5.32 Å². The third-order valence-corrected chi connectivity index (χ3v) is 3.45. The maximum absolute atomic E-state index is 11.8. The highest BCUT2D eigenvalue weighted by atomic mass is 16.3. The molecule has 20 heavy (non-hydrogen) atoms. The summed E-state index contributed by atoms with van der Waals surface area (Å²) in [5.41, 5.74) is 3.15. The van der Waals surface area contributed by atoms with Crippen LogP contribution in [0.25, 0.3) is 0 Å². The van der Waals surface area contributed by atoms with Gasteiger partial charge in [0.05, 0.1) is 6.61 Å². The van der Waals surface area contributed by atoms with Gasteiger partial charge in [-0.1, -0.05) is 50.6 Å². The van der Waals surface area contributed by atoms with Crippen molar-refractivity contribution in [2.45, 2.75) is 40.7 Å². The normalized spacial score (nSPS) is 12.3. The fraction of sp³-hybridized carbons (Fsp3) is 0.471. The van der Waals surface area contributed by atoms with Crippen molar-refractivity contribution in [2.75, 3.05) is 6.54 Å². The summed E-state index contributed by atoms with van der Waals surface area (Å²) in [5.74, 6) is -0.0376. The Hall–Kier alpha value is -1.61. The van der Waals surface area contributed by atoms with Crippen LogP contribution in [-0.2, 0) is 17.8 Å². The van der Waals surface area contributed by atoms with Gasteiger partial charge in [0, 0.05) is 12.6 Å². The topological polar surface area (TPSA) is 49.3 Å². The van der Waals surface area contributed by atoms with Gasteiger partial charge in [0.15, 0.2) is 0 Å². The lowest BCUT2D eigenvalue weighted by Gasteiger charge is -2.19. The number of aliphatic hydroxyl groups excluding tert-OH is 1. The molecule has 1 rings (SSSR count). The third-order valence-electron chi connectivity index (χ3n) is 3.45.